The molecule has 3 heterocycles. The number of aromatic amines is 1. The number of anilines is 1. The molecule has 0 saturated carbocycles. The summed E-state index contributed by atoms with van der Waals surface area (Å²) < 4.78 is 44.1. The lowest BCUT2D eigenvalue weighted by Gasteiger charge is -2.24. The van der Waals surface area contributed by atoms with Crippen molar-refractivity contribution in [2.45, 2.75) is 44.9 Å². The van der Waals surface area contributed by atoms with Crippen LogP contribution >= 0.6 is 0 Å². The van der Waals surface area contributed by atoms with Crippen molar-refractivity contribution in [3.63, 3.8) is 0 Å². The zero-order valence-corrected chi connectivity index (χ0v) is 13.8. The Balaban J connectivity index is 2.14. The number of aromatic nitrogens is 4. The van der Waals surface area contributed by atoms with E-state index in [1.54, 1.807) is 0 Å². The normalized spacial score (nSPS) is 32.5. The van der Waals surface area contributed by atoms with Crippen LogP contribution < -0.4 is 10.9 Å². The molecule has 2 aromatic rings. The highest BCUT2D eigenvalue weighted by molar-refractivity contribution is 5.71. The maximum absolute atomic E-state index is 15.5. The number of alkyl halides is 2. The second-order valence-corrected chi connectivity index (χ2v) is 5.91. The SMILES string of the molecule is [3H]CCNc1nc2c(ncn2[C@@H]2O[C@](F)(CC)[C@@H](C)[C@]2(F)C#C)c(=O)[nH]1. The van der Waals surface area contributed by atoms with Crippen LogP contribution in [-0.2, 0) is 4.74 Å². The number of terminal acetylenes is 1. The first kappa shape index (κ1) is 16.0. The van der Waals surface area contributed by atoms with Gasteiger partial charge in [0.05, 0.1) is 12.2 Å². The number of ether oxygens (including phenoxy) is 1. The summed E-state index contributed by atoms with van der Waals surface area (Å²) >= 11 is 0. The molecule has 9 heteroatoms. The molecule has 25 heavy (non-hydrogen) atoms. The van der Waals surface area contributed by atoms with Gasteiger partial charge in [0.15, 0.2) is 17.4 Å². The smallest absolute Gasteiger partial charge is 0.280 e. The molecule has 0 aliphatic carbocycles. The lowest BCUT2D eigenvalue weighted by Crippen LogP contribution is -2.38. The number of nitrogens with one attached hydrogen (secondary N) is 2. The summed E-state index contributed by atoms with van der Waals surface area (Å²) in [5, 5.41) is 2.76. The average Bonchev–Trinajstić information content (AvgIpc) is 3.14. The Morgan fingerprint density at radius 2 is 2.40 bits per heavy atom. The molecule has 0 amide bonds. The number of rotatable bonds is 4. The van der Waals surface area contributed by atoms with Crippen LogP contribution in [0.15, 0.2) is 11.1 Å². The van der Waals surface area contributed by atoms with Gasteiger partial charge in [-0.25, -0.2) is 13.8 Å². The van der Waals surface area contributed by atoms with Crippen LogP contribution in [0.1, 0.15) is 34.8 Å². The lowest BCUT2D eigenvalue weighted by molar-refractivity contribution is -0.171. The number of hydrogen-bond donors (Lipinski definition) is 2. The van der Waals surface area contributed by atoms with Crippen LogP contribution in [0.2, 0.25) is 0 Å². The summed E-state index contributed by atoms with van der Waals surface area (Å²) in [6.07, 6.45) is 4.93. The molecule has 3 rings (SSSR count). The quantitative estimate of drug-likeness (QED) is 0.823. The maximum Gasteiger partial charge on any atom is 0.280 e. The fraction of sp³-hybridized carbons (Fsp3) is 0.562. The topological polar surface area (TPSA) is 84.8 Å². The third kappa shape index (κ3) is 2.40. The van der Waals surface area contributed by atoms with E-state index in [1.807, 2.05) is 5.92 Å². The summed E-state index contributed by atoms with van der Waals surface area (Å²) in [5.41, 5.74) is -3.04. The Morgan fingerprint density at radius 3 is 3.04 bits per heavy atom. The second-order valence-electron chi connectivity index (χ2n) is 5.91. The third-order valence-electron chi connectivity index (χ3n) is 4.62. The van der Waals surface area contributed by atoms with E-state index in [9.17, 15) is 9.18 Å². The van der Waals surface area contributed by atoms with Gasteiger partial charge < -0.3 is 10.1 Å². The highest BCUT2D eigenvalue weighted by Gasteiger charge is 2.63. The van der Waals surface area contributed by atoms with Gasteiger partial charge in [0.2, 0.25) is 17.5 Å². The summed E-state index contributed by atoms with van der Waals surface area (Å²) in [5.74, 6) is -1.38. The lowest BCUT2D eigenvalue weighted by atomic mass is 9.86. The first-order valence-electron chi connectivity index (χ1n) is 8.54. The number of hydrogen-bond acceptors (Lipinski definition) is 5. The third-order valence-corrected chi connectivity index (χ3v) is 4.62. The fourth-order valence-electron chi connectivity index (χ4n) is 3.05. The maximum atomic E-state index is 15.5. The zero-order chi connectivity index (χ0) is 19.1. The largest absolute Gasteiger partial charge is 0.356 e. The second kappa shape index (κ2) is 5.81. The Morgan fingerprint density at radius 1 is 1.64 bits per heavy atom. The minimum absolute atomic E-state index is 0.0102. The number of H-pyrrole nitrogens is 1. The van der Waals surface area contributed by atoms with E-state index in [2.05, 4.69) is 20.3 Å². The van der Waals surface area contributed by atoms with Gasteiger partial charge in [-0.3, -0.25) is 14.3 Å². The minimum Gasteiger partial charge on any atom is -0.356 e. The fourth-order valence-corrected chi connectivity index (χ4v) is 3.05. The zero-order valence-electron chi connectivity index (χ0n) is 14.8. The first-order chi connectivity index (χ1) is 12.3. The predicted octanol–water partition coefficient (Wildman–Crippen LogP) is 2.13. The highest BCUT2D eigenvalue weighted by atomic mass is 19.2. The number of nitrogens with zero attached hydrogens (tertiary/aromatic N) is 3. The monoisotopic (exact) mass is 353 g/mol. The average molecular weight is 353 g/mol. The van der Waals surface area contributed by atoms with E-state index in [0.717, 1.165) is 10.9 Å². The van der Waals surface area contributed by atoms with Gasteiger partial charge in [-0.1, -0.05) is 19.8 Å². The Bertz CT molecular complexity index is 925. The molecule has 2 aromatic heterocycles. The van der Waals surface area contributed by atoms with Crippen LogP contribution in [0.5, 0.6) is 0 Å². The molecule has 1 aliphatic heterocycles. The van der Waals surface area contributed by atoms with Crippen molar-refractivity contribution in [3.8, 4) is 12.3 Å². The van der Waals surface area contributed by atoms with E-state index >= 15 is 4.39 Å². The summed E-state index contributed by atoms with van der Waals surface area (Å²) in [4.78, 5) is 22.8. The van der Waals surface area contributed by atoms with E-state index in [-0.39, 0.29) is 37.0 Å². The van der Waals surface area contributed by atoms with Gasteiger partial charge in [-0.2, -0.15) is 4.98 Å². The standard InChI is InChI=1S/C16H19F2N5O2/c1-5-15(17)9(4)16(18,6-2)25-13(15)23-8-20-10-11(23)21-14(19-7-3)22-12(10)24/h1,8-9,13H,6-7H2,2-4H3,(H2,19,21,22,24)/t9-,13+,15+,16+/m0/s1/i3T. The van der Waals surface area contributed by atoms with E-state index in [4.69, 9.17) is 12.5 Å². The van der Waals surface area contributed by atoms with E-state index in [0.29, 0.717) is 0 Å². The van der Waals surface area contributed by atoms with Gasteiger partial charge in [0.1, 0.15) is 0 Å². The molecule has 0 bridgehead atoms. The van der Waals surface area contributed by atoms with Crippen molar-refractivity contribution in [1.29, 1.82) is 0 Å². The number of fused-ring (bicyclic) bond motifs is 1. The Hall–Kier alpha value is -2.47. The van der Waals surface area contributed by atoms with Crippen molar-refractivity contribution >= 4 is 17.1 Å². The highest BCUT2D eigenvalue weighted by Crippen LogP contribution is 2.53. The van der Waals surface area contributed by atoms with Crippen LogP contribution in [0.25, 0.3) is 11.2 Å². The van der Waals surface area contributed by atoms with Crippen LogP contribution in [0.4, 0.5) is 14.7 Å². The molecule has 2 N–H and O–H groups in total. The molecule has 1 saturated heterocycles. The van der Waals surface area contributed by atoms with E-state index in [1.165, 1.54) is 13.8 Å². The Labute approximate surface area is 144 Å². The van der Waals surface area contributed by atoms with Crippen molar-refractivity contribution in [1.82, 2.24) is 19.5 Å². The number of imidazole rings is 1. The molecular formula is C16H19F2N5O2. The molecule has 0 aromatic carbocycles. The molecular weight excluding hydrogens is 332 g/mol. The van der Waals surface area contributed by atoms with Gasteiger partial charge in [0, 0.05) is 14.3 Å². The molecule has 0 unspecified atom stereocenters. The molecule has 1 aliphatic rings. The molecule has 0 radical (unpaired) electrons. The number of halogens is 2. The van der Waals surface area contributed by atoms with Crippen molar-refractivity contribution < 1.29 is 14.9 Å². The van der Waals surface area contributed by atoms with Gasteiger partial charge in [0.25, 0.3) is 5.56 Å². The van der Waals surface area contributed by atoms with Gasteiger partial charge >= 0.3 is 0 Å². The summed E-state index contributed by atoms with van der Waals surface area (Å²) in [6.45, 7) is 3.20. The molecule has 1 fully saturated rings. The van der Waals surface area contributed by atoms with Crippen LogP contribution in [0, 0.1) is 18.3 Å². The minimum atomic E-state index is -2.45. The van der Waals surface area contributed by atoms with Crippen molar-refractivity contribution in [2.75, 3.05) is 11.9 Å². The van der Waals surface area contributed by atoms with E-state index < -0.39 is 29.2 Å². The first-order valence-corrected chi connectivity index (χ1v) is 7.84. The Kier molecular flexibility index (Phi) is 3.72. The molecule has 134 valence electrons. The van der Waals surface area contributed by atoms with Gasteiger partial charge in [-0.15, -0.1) is 6.42 Å². The van der Waals surface area contributed by atoms with Crippen molar-refractivity contribution in [3.05, 3.63) is 16.7 Å². The van der Waals surface area contributed by atoms with Crippen molar-refractivity contribution in [2.24, 2.45) is 5.92 Å². The summed E-state index contributed by atoms with van der Waals surface area (Å²) in [7, 11) is 0. The van der Waals surface area contributed by atoms with Crippen LogP contribution in [0.3, 0.4) is 0 Å². The molecule has 0 spiro atoms. The van der Waals surface area contributed by atoms with Gasteiger partial charge in [-0.05, 0) is 6.90 Å². The predicted molar refractivity (Wildman–Crippen MR) is 88.4 cm³/mol. The molecule has 4 atom stereocenters. The van der Waals surface area contributed by atoms with Crippen LogP contribution in [-0.4, -0.2) is 37.6 Å². The summed E-state index contributed by atoms with van der Waals surface area (Å²) in [6, 6.07) is 0. The molecule has 7 nitrogen and oxygen atoms in total.